The summed E-state index contributed by atoms with van der Waals surface area (Å²) in [5.74, 6) is -0.962. The van der Waals surface area contributed by atoms with Crippen LogP contribution in [0.2, 0.25) is 0 Å². The van der Waals surface area contributed by atoms with Gasteiger partial charge in [-0.1, -0.05) is 6.08 Å². The summed E-state index contributed by atoms with van der Waals surface area (Å²) in [5.41, 5.74) is 6.78. The van der Waals surface area contributed by atoms with E-state index in [0.717, 1.165) is 0 Å². The minimum absolute atomic E-state index is 0.537. The second kappa shape index (κ2) is 4.10. The second-order valence-corrected chi connectivity index (χ2v) is 3.48. The van der Waals surface area contributed by atoms with Crippen LogP contribution in [-0.4, -0.2) is 11.1 Å². The third kappa shape index (κ3) is 2.06. The molecule has 0 aliphatic heterocycles. The van der Waals surface area contributed by atoms with Crippen LogP contribution in [0.1, 0.15) is 5.76 Å². The summed E-state index contributed by atoms with van der Waals surface area (Å²) in [6, 6.07) is 3.50. The number of hydrogen-bond acceptors (Lipinski definition) is 3. The molecule has 1 aliphatic rings. The zero-order valence-electron chi connectivity index (χ0n) is 8.46. The number of carboxylic acids is 1. The maximum Gasteiger partial charge on any atom is 0.314 e. The molecule has 1 atom stereocenters. The topological polar surface area (TPSA) is 76.5 Å². The Morgan fingerprint density at radius 2 is 2.38 bits per heavy atom. The minimum Gasteiger partial charge on any atom is -0.481 e. The van der Waals surface area contributed by atoms with E-state index in [4.69, 9.17) is 15.3 Å². The molecule has 4 nitrogen and oxygen atoms in total. The number of rotatable bonds is 2. The minimum atomic E-state index is -0.905. The highest BCUT2D eigenvalue weighted by atomic mass is 16.4. The van der Waals surface area contributed by atoms with Crippen LogP contribution in [0.4, 0.5) is 0 Å². The average molecular weight is 217 g/mol. The van der Waals surface area contributed by atoms with Crippen LogP contribution in [0.15, 0.2) is 52.3 Å². The molecule has 82 valence electrons. The fraction of sp³-hybridized carbons (Fsp3) is 0.0833. The Balaban J connectivity index is 2.36. The third-order valence-electron chi connectivity index (χ3n) is 2.29. The Labute approximate surface area is 92.4 Å². The van der Waals surface area contributed by atoms with Crippen LogP contribution in [0.5, 0.6) is 0 Å². The van der Waals surface area contributed by atoms with Gasteiger partial charge in [0.1, 0.15) is 11.7 Å². The number of carbonyl (C=O) groups is 1. The van der Waals surface area contributed by atoms with Crippen molar-refractivity contribution in [3.63, 3.8) is 0 Å². The van der Waals surface area contributed by atoms with E-state index in [0.29, 0.717) is 17.0 Å². The molecule has 0 fully saturated rings. The molecule has 1 heterocycles. The highest BCUT2D eigenvalue weighted by molar-refractivity contribution is 5.80. The SMILES string of the molecule is NC1=CC(=Cc2ccco2)C(C(=O)O)C=C1. The number of allylic oxidation sites excluding steroid dienone is 2. The summed E-state index contributed by atoms with van der Waals surface area (Å²) in [7, 11) is 0. The summed E-state index contributed by atoms with van der Waals surface area (Å²) >= 11 is 0. The number of carboxylic acid groups (broad SMARTS) is 1. The molecule has 0 aromatic carbocycles. The quantitative estimate of drug-likeness (QED) is 0.791. The normalized spacial score (nSPS) is 22.1. The lowest BCUT2D eigenvalue weighted by Crippen LogP contribution is -2.16. The van der Waals surface area contributed by atoms with Gasteiger partial charge < -0.3 is 15.3 Å². The molecule has 1 aromatic rings. The average Bonchev–Trinajstić information content (AvgIpc) is 2.70. The Bertz CT molecular complexity index is 480. The molecule has 16 heavy (non-hydrogen) atoms. The predicted molar refractivity (Wildman–Crippen MR) is 59.2 cm³/mol. The van der Waals surface area contributed by atoms with E-state index in [1.54, 1.807) is 36.4 Å². The van der Waals surface area contributed by atoms with Gasteiger partial charge in [-0.15, -0.1) is 0 Å². The number of furan rings is 1. The Hall–Kier alpha value is -2.23. The molecular formula is C12H11NO3. The van der Waals surface area contributed by atoms with Gasteiger partial charge in [-0.3, -0.25) is 4.79 Å². The molecule has 0 radical (unpaired) electrons. The summed E-state index contributed by atoms with van der Waals surface area (Å²) in [6.07, 6.45) is 8.01. The van der Waals surface area contributed by atoms with E-state index < -0.39 is 11.9 Å². The van der Waals surface area contributed by atoms with Gasteiger partial charge in [-0.2, -0.15) is 0 Å². The fourth-order valence-electron chi connectivity index (χ4n) is 1.54. The molecular weight excluding hydrogens is 206 g/mol. The number of hydrogen-bond donors (Lipinski definition) is 2. The molecule has 0 saturated carbocycles. The third-order valence-corrected chi connectivity index (χ3v) is 2.29. The van der Waals surface area contributed by atoms with Crippen LogP contribution in [0, 0.1) is 5.92 Å². The first kappa shape index (κ1) is 10.3. The number of nitrogens with two attached hydrogens (primary N) is 1. The van der Waals surface area contributed by atoms with Crippen molar-refractivity contribution in [1.29, 1.82) is 0 Å². The van der Waals surface area contributed by atoms with Gasteiger partial charge in [0.15, 0.2) is 0 Å². The highest BCUT2D eigenvalue weighted by Crippen LogP contribution is 2.23. The second-order valence-electron chi connectivity index (χ2n) is 3.48. The van der Waals surface area contributed by atoms with Gasteiger partial charge in [0.25, 0.3) is 0 Å². The molecule has 4 heteroatoms. The zero-order chi connectivity index (χ0) is 11.5. The summed E-state index contributed by atoms with van der Waals surface area (Å²) in [5, 5.41) is 9.03. The Morgan fingerprint density at radius 1 is 1.56 bits per heavy atom. The van der Waals surface area contributed by atoms with E-state index in [1.165, 1.54) is 6.26 Å². The fourth-order valence-corrected chi connectivity index (χ4v) is 1.54. The van der Waals surface area contributed by atoms with Gasteiger partial charge in [-0.25, -0.2) is 0 Å². The first-order valence-electron chi connectivity index (χ1n) is 4.80. The van der Waals surface area contributed by atoms with Crippen LogP contribution >= 0.6 is 0 Å². The first-order chi connectivity index (χ1) is 7.66. The van der Waals surface area contributed by atoms with Crippen molar-refractivity contribution in [2.45, 2.75) is 0 Å². The molecule has 3 N–H and O–H groups in total. The van der Waals surface area contributed by atoms with Crippen molar-refractivity contribution >= 4 is 12.0 Å². The van der Waals surface area contributed by atoms with Crippen molar-refractivity contribution in [3.8, 4) is 0 Å². The molecule has 0 saturated heterocycles. The molecule has 0 bridgehead atoms. The maximum absolute atomic E-state index is 11.0. The largest absolute Gasteiger partial charge is 0.481 e. The van der Waals surface area contributed by atoms with Gasteiger partial charge in [0, 0.05) is 5.70 Å². The van der Waals surface area contributed by atoms with Gasteiger partial charge >= 0.3 is 5.97 Å². The van der Waals surface area contributed by atoms with Gasteiger partial charge in [0.05, 0.1) is 6.26 Å². The summed E-state index contributed by atoms with van der Waals surface area (Å²) < 4.78 is 5.14. The van der Waals surface area contributed by atoms with Crippen LogP contribution in [-0.2, 0) is 4.79 Å². The Morgan fingerprint density at radius 3 is 3.00 bits per heavy atom. The highest BCUT2D eigenvalue weighted by Gasteiger charge is 2.20. The van der Waals surface area contributed by atoms with Crippen molar-refractivity contribution in [2.75, 3.05) is 0 Å². The van der Waals surface area contributed by atoms with Crippen molar-refractivity contribution in [3.05, 3.63) is 53.7 Å². The summed E-state index contributed by atoms with van der Waals surface area (Å²) in [4.78, 5) is 11.0. The standard InChI is InChI=1S/C12H11NO3/c13-9-3-4-11(12(14)15)8(6-9)7-10-2-1-5-16-10/h1-7,11H,13H2,(H,14,15). The van der Waals surface area contributed by atoms with Crippen LogP contribution < -0.4 is 5.73 Å². The van der Waals surface area contributed by atoms with E-state index in [1.807, 2.05) is 0 Å². The van der Waals surface area contributed by atoms with E-state index in [9.17, 15) is 4.79 Å². The lowest BCUT2D eigenvalue weighted by molar-refractivity contribution is -0.138. The van der Waals surface area contributed by atoms with E-state index >= 15 is 0 Å². The van der Waals surface area contributed by atoms with Crippen molar-refractivity contribution in [2.24, 2.45) is 11.7 Å². The van der Waals surface area contributed by atoms with Crippen LogP contribution in [0.3, 0.4) is 0 Å². The summed E-state index contributed by atoms with van der Waals surface area (Å²) in [6.45, 7) is 0. The molecule has 0 amide bonds. The Kier molecular flexibility index (Phi) is 2.64. The monoisotopic (exact) mass is 217 g/mol. The van der Waals surface area contributed by atoms with Gasteiger partial charge in [-0.05, 0) is 35.9 Å². The van der Waals surface area contributed by atoms with Crippen LogP contribution in [0.25, 0.3) is 6.08 Å². The molecule has 1 aliphatic carbocycles. The molecule has 1 unspecified atom stereocenters. The smallest absolute Gasteiger partial charge is 0.314 e. The molecule has 0 spiro atoms. The van der Waals surface area contributed by atoms with E-state index in [-0.39, 0.29) is 0 Å². The van der Waals surface area contributed by atoms with Crippen molar-refractivity contribution in [1.82, 2.24) is 0 Å². The van der Waals surface area contributed by atoms with Crippen molar-refractivity contribution < 1.29 is 14.3 Å². The molecule has 1 aromatic heterocycles. The maximum atomic E-state index is 11.0. The lowest BCUT2D eigenvalue weighted by Gasteiger charge is -2.13. The molecule has 2 rings (SSSR count). The van der Waals surface area contributed by atoms with Gasteiger partial charge in [0.2, 0.25) is 0 Å². The van der Waals surface area contributed by atoms with E-state index in [2.05, 4.69) is 0 Å². The first-order valence-corrected chi connectivity index (χ1v) is 4.80. The zero-order valence-corrected chi connectivity index (χ0v) is 8.46. The number of aliphatic carboxylic acids is 1. The lowest BCUT2D eigenvalue weighted by atomic mass is 9.93. The predicted octanol–water partition coefficient (Wildman–Crippen LogP) is 1.78.